The molecule has 1 aliphatic heterocycles. The standard InChI is InChI=1S/C17H14ClN3O5/c1-10-12(3-2-4-13(10)21(24)25)19-16(22)8-20-14-7-11(18)5-6-15(14)26-9-17(20)23/h2-7H,8-9H2,1H3,(H,19,22). The van der Waals surface area contributed by atoms with Gasteiger partial charge in [0.05, 0.1) is 21.9 Å². The molecule has 2 aromatic carbocycles. The molecule has 0 fully saturated rings. The minimum atomic E-state index is -0.519. The van der Waals surface area contributed by atoms with Gasteiger partial charge in [-0.1, -0.05) is 17.7 Å². The maximum absolute atomic E-state index is 12.4. The topological polar surface area (TPSA) is 102 Å². The molecule has 0 radical (unpaired) electrons. The van der Waals surface area contributed by atoms with Gasteiger partial charge >= 0.3 is 0 Å². The largest absolute Gasteiger partial charge is 0.482 e. The van der Waals surface area contributed by atoms with Crippen molar-refractivity contribution in [1.29, 1.82) is 0 Å². The monoisotopic (exact) mass is 375 g/mol. The smallest absolute Gasteiger partial charge is 0.274 e. The molecule has 0 unspecified atom stereocenters. The number of hydrogen-bond acceptors (Lipinski definition) is 5. The van der Waals surface area contributed by atoms with Crippen molar-refractivity contribution in [1.82, 2.24) is 0 Å². The van der Waals surface area contributed by atoms with Crippen LogP contribution in [0, 0.1) is 17.0 Å². The molecule has 2 amide bonds. The number of fused-ring (bicyclic) bond motifs is 1. The molecule has 1 heterocycles. The fourth-order valence-corrected chi connectivity index (χ4v) is 2.80. The quantitative estimate of drug-likeness (QED) is 0.654. The van der Waals surface area contributed by atoms with Crippen LogP contribution in [0.4, 0.5) is 17.1 Å². The molecule has 134 valence electrons. The number of hydrogen-bond donors (Lipinski definition) is 1. The molecule has 0 spiro atoms. The zero-order chi connectivity index (χ0) is 18.8. The van der Waals surface area contributed by atoms with Crippen LogP contribution in [0.25, 0.3) is 0 Å². The van der Waals surface area contributed by atoms with Gasteiger partial charge in [0.15, 0.2) is 6.61 Å². The third-order valence-electron chi connectivity index (χ3n) is 3.94. The molecular weight excluding hydrogens is 362 g/mol. The van der Waals surface area contributed by atoms with Gasteiger partial charge in [0.2, 0.25) is 5.91 Å². The van der Waals surface area contributed by atoms with Crippen LogP contribution >= 0.6 is 11.6 Å². The minimum Gasteiger partial charge on any atom is -0.482 e. The lowest BCUT2D eigenvalue weighted by Gasteiger charge is -2.29. The summed E-state index contributed by atoms with van der Waals surface area (Å²) in [6.07, 6.45) is 0. The summed E-state index contributed by atoms with van der Waals surface area (Å²) in [7, 11) is 0. The van der Waals surface area contributed by atoms with E-state index in [-0.39, 0.29) is 24.7 Å². The van der Waals surface area contributed by atoms with Crippen molar-refractivity contribution >= 4 is 40.5 Å². The summed E-state index contributed by atoms with van der Waals surface area (Å²) in [5.74, 6) is -0.422. The van der Waals surface area contributed by atoms with Gasteiger partial charge in [-0.15, -0.1) is 0 Å². The van der Waals surface area contributed by atoms with E-state index in [0.717, 1.165) is 0 Å². The Morgan fingerprint density at radius 3 is 2.88 bits per heavy atom. The van der Waals surface area contributed by atoms with Gasteiger partial charge in [-0.3, -0.25) is 24.6 Å². The Bertz CT molecular complexity index is 915. The van der Waals surface area contributed by atoms with Crippen LogP contribution in [0.3, 0.4) is 0 Å². The first-order valence-corrected chi connectivity index (χ1v) is 8.01. The predicted molar refractivity (Wildman–Crippen MR) is 95.8 cm³/mol. The molecule has 0 saturated carbocycles. The number of nitrogens with zero attached hydrogens (tertiary/aromatic N) is 2. The van der Waals surface area contributed by atoms with Crippen LogP contribution in [-0.4, -0.2) is 29.9 Å². The second-order valence-electron chi connectivity index (χ2n) is 5.64. The van der Waals surface area contributed by atoms with Crippen LogP contribution in [0.1, 0.15) is 5.56 Å². The van der Waals surface area contributed by atoms with Crippen LogP contribution in [0.15, 0.2) is 36.4 Å². The van der Waals surface area contributed by atoms with Gasteiger partial charge in [0.1, 0.15) is 12.3 Å². The first-order chi connectivity index (χ1) is 12.4. The summed E-state index contributed by atoms with van der Waals surface area (Å²) in [6, 6.07) is 9.19. The Labute approximate surface area is 153 Å². The number of halogens is 1. The predicted octanol–water partition coefficient (Wildman–Crippen LogP) is 2.92. The zero-order valence-corrected chi connectivity index (χ0v) is 14.4. The maximum atomic E-state index is 12.4. The van der Waals surface area contributed by atoms with Gasteiger partial charge in [0, 0.05) is 11.1 Å². The van der Waals surface area contributed by atoms with Crippen LogP contribution < -0.4 is 15.0 Å². The van der Waals surface area contributed by atoms with Crippen molar-refractivity contribution in [3.8, 4) is 5.75 Å². The second-order valence-corrected chi connectivity index (χ2v) is 6.07. The second kappa shape index (κ2) is 7.01. The fraction of sp³-hybridized carbons (Fsp3) is 0.176. The summed E-state index contributed by atoms with van der Waals surface area (Å²) in [5, 5.41) is 14.0. The molecular formula is C17H14ClN3O5. The van der Waals surface area contributed by atoms with Gasteiger partial charge in [-0.05, 0) is 31.2 Å². The molecule has 1 aliphatic rings. The van der Waals surface area contributed by atoms with Crippen LogP contribution in [-0.2, 0) is 9.59 Å². The number of nitro groups is 1. The number of carbonyl (C=O) groups excluding carboxylic acids is 2. The van der Waals surface area contributed by atoms with E-state index in [4.69, 9.17) is 16.3 Å². The average molecular weight is 376 g/mol. The van der Waals surface area contributed by atoms with E-state index >= 15 is 0 Å². The lowest BCUT2D eigenvalue weighted by molar-refractivity contribution is -0.385. The molecule has 0 saturated heterocycles. The first kappa shape index (κ1) is 17.7. The Hall–Kier alpha value is -3.13. The normalized spacial score (nSPS) is 13.0. The zero-order valence-electron chi connectivity index (χ0n) is 13.7. The lowest BCUT2D eigenvalue weighted by Crippen LogP contribution is -2.43. The number of carbonyl (C=O) groups is 2. The van der Waals surface area contributed by atoms with Crippen molar-refractivity contribution in [3.63, 3.8) is 0 Å². The highest BCUT2D eigenvalue weighted by Crippen LogP contribution is 2.34. The van der Waals surface area contributed by atoms with E-state index in [1.807, 2.05) is 0 Å². The number of nitro benzene ring substituents is 1. The lowest BCUT2D eigenvalue weighted by atomic mass is 10.1. The van der Waals surface area contributed by atoms with Gasteiger partial charge in [0.25, 0.3) is 11.6 Å². The van der Waals surface area contributed by atoms with E-state index in [9.17, 15) is 19.7 Å². The Morgan fingerprint density at radius 2 is 2.15 bits per heavy atom. The number of ether oxygens (including phenoxy) is 1. The molecule has 9 heteroatoms. The van der Waals surface area contributed by atoms with E-state index < -0.39 is 10.8 Å². The Morgan fingerprint density at radius 1 is 1.38 bits per heavy atom. The third-order valence-corrected chi connectivity index (χ3v) is 4.18. The molecule has 0 atom stereocenters. The number of amides is 2. The molecule has 8 nitrogen and oxygen atoms in total. The van der Waals surface area contributed by atoms with Crippen LogP contribution in [0.2, 0.25) is 5.02 Å². The van der Waals surface area contributed by atoms with Crippen molar-refractivity contribution in [2.45, 2.75) is 6.92 Å². The van der Waals surface area contributed by atoms with E-state index in [1.54, 1.807) is 31.2 Å². The molecule has 26 heavy (non-hydrogen) atoms. The van der Waals surface area contributed by atoms with E-state index in [0.29, 0.717) is 27.7 Å². The van der Waals surface area contributed by atoms with Gasteiger partial charge in [-0.2, -0.15) is 0 Å². The first-order valence-electron chi connectivity index (χ1n) is 7.63. The third kappa shape index (κ3) is 3.45. The van der Waals surface area contributed by atoms with Crippen molar-refractivity contribution in [3.05, 3.63) is 57.1 Å². The SMILES string of the molecule is Cc1c(NC(=O)CN2C(=O)COc3ccc(Cl)cc32)cccc1[N+](=O)[O-]. The molecule has 0 aliphatic carbocycles. The van der Waals surface area contributed by atoms with E-state index in [2.05, 4.69) is 5.32 Å². The van der Waals surface area contributed by atoms with Crippen molar-refractivity contribution < 1.29 is 19.2 Å². The van der Waals surface area contributed by atoms with Gasteiger partial charge < -0.3 is 10.1 Å². The molecule has 3 rings (SSSR count). The van der Waals surface area contributed by atoms with E-state index in [1.165, 1.54) is 17.0 Å². The minimum absolute atomic E-state index is 0.0950. The highest BCUT2D eigenvalue weighted by Gasteiger charge is 2.28. The summed E-state index contributed by atoms with van der Waals surface area (Å²) < 4.78 is 5.33. The highest BCUT2D eigenvalue weighted by atomic mass is 35.5. The summed E-state index contributed by atoms with van der Waals surface area (Å²) in [4.78, 5) is 36.3. The number of anilines is 2. The molecule has 0 aromatic heterocycles. The summed E-state index contributed by atoms with van der Waals surface area (Å²) in [6.45, 7) is 1.10. The molecule has 0 bridgehead atoms. The molecule has 2 aromatic rings. The summed E-state index contributed by atoms with van der Waals surface area (Å²) in [5.41, 5.74) is 0.959. The number of benzene rings is 2. The van der Waals surface area contributed by atoms with Crippen LogP contribution in [0.5, 0.6) is 5.75 Å². The van der Waals surface area contributed by atoms with Crippen molar-refractivity contribution in [2.24, 2.45) is 0 Å². The van der Waals surface area contributed by atoms with Gasteiger partial charge in [-0.25, -0.2) is 0 Å². The fourth-order valence-electron chi connectivity index (χ4n) is 2.64. The number of rotatable bonds is 4. The highest BCUT2D eigenvalue weighted by molar-refractivity contribution is 6.31. The molecule has 1 N–H and O–H groups in total. The maximum Gasteiger partial charge on any atom is 0.274 e. The number of nitrogens with one attached hydrogen (secondary N) is 1. The van der Waals surface area contributed by atoms with Crippen molar-refractivity contribution in [2.75, 3.05) is 23.4 Å². The average Bonchev–Trinajstić information content (AvgIpc) is 2.59. The Kier molecular flexibility index (Phi) is 4.77. The Balaban J connectivity index is 1.81. The summed E-state index contributed by atoms with van der Waals surface area (Å²) >= 11 is 5.97.